The van der Waals surface area contributed by atoms with Gasteiger partial charge in [-0.05, 0) is 37.8 Å². The number of rotatable bonds is 2. The van der Waals surface area contributed by atoms with Crippen molar-refractivity contribution in [2.24, 2.45) is 0 Å². The molecule has 3 aliphatic heterocycles. The zero-order valence-electron chi connectivity index (χ0n) is 14.7. The first kappa shape index (κ1) is 17.6. The monoisotopic (exact) mass is 377 g/mol. The van der Waals surface area contributed by atoms with Gasteiger partial charge in [-0.3, -0.25) is 4.79 Å². The van der Waals surface area contributed by atoms with E-state index in [0.29, 0.717) is 36.8 Å². The van der Waals surface area contributed by atoms with Gasteiger partial charge in [0.2, 0.25) is 5.91 Å². The standard InChI is InChI=1S/C19H24ClN3O3/c20-15-4-1-2-5-16(15)23-13-14(12-17(23)24)21-18(25)22-9-7-19(8-10-22)6-3-11-26-19/h1-2,4-5,14H,3,6-13H2,(H,21,25). The summed E-state index contributed by atoms with van der Waals surface area (Å²) >= 11 is 6.20. The minimum atomic E-state index is -0.190. The van der Waals surface area contributed by atoms with Crippen LogP contribution >= 0.6 is 11.6 Å². The van der Waals surface area contributed by atoms with Crippen LogP contribution in [-0.4, -0.2) is 54.7 Å². The van der Waals surface area contributed by atoms with Crippen molar-refractivity contribution >= 4 is 29.2 Å². The number of benzene rings is 1. The van der Waals surface area contributed by atoms with E-state index in [1.165, 1.54) is 0 Å². The lowest BCUT2D eigenvalue weighted by Crippen LogP contribution is -2.52. The number of nitrogens with zero attached hydrogens (tertiary/aromatic N) is 2. The molecule has 0 saturated carbocycles. The third-order valence-electron chi connectivity index (χ3n) is 5.74. The molecule has 1 atom stereocenters. The van der Waals surface area contributed by atoms with Crippen molar-refractivity contribution in [3.8, 4) is 0 Å². The van der Waals surface area contributed by atoms with Crippen molar-refractivity contribution in [1.82, 2.24) is 10.2 Å². The molecule has 4 rings (SSSR count). The summed E-state index contributed by atoms with van der Waals surface area (Å²) < 4.78 is 5.91. The van der Waals surface area contributed by atoms with Crippen molar-refractivity contribution in [2.75, 3.05) is 31.1 Å². The number of nitrogens with one attached hydrogen (secondary N) is 1. The Hall–Kier alpha value is -1.79. The van der Waals surface area contributed by atoms with E-state index in [0.717, 1.165) is 32.3 Å². The summed E-state index contributed by atoms with van der Waals surface area (Å²) in [6.45, 7) is 2.71. The molecule has 0 aliphatic carbocycles. The van der Waals surface area contributed by atoms with Crippen molar-refractivity contribution in [1.29, 1.82) is 0 Å². The molecule has 3 heterocycles. The van der Waals surface area contributed by atoms with Crippen LogP contribution in [0.1, 0.15) is 32.1 Å². The number of halogens is 1. The third-order valence-corrected chi connectivity index (χ3v) is 6.06. The number of amides is 3. The number of hydrogen-bond donors (Lipinski definition) is 1. The van der Waals surface area contributed by atoms with E-state index >= 15 is 0 Å². The fraction of sp³-hybridized carbons (Fsp3) is 0.579. The van der Waals surface area contributed by atoms with Gasteiger partial charge in [0.1, 0.15) is 0 Å². The molecule has 1 aromatic carbocycles. The van der Waals surface area contributed by atoms with E-state index < -0.39 is 0 Å². The lowest BCUT2D eigenvalue weighted by Gasteiger charge is -2.38. The highest BCUT2D eigenvalue weighted by Gasteiger charge is 2.40. The van der Waals surface area contributed by atoms with E-state index in [-0.39, 0.29) is 23.6 Å². The number of carbonyl (C=O) groups is 2. The summed E-state index contributed by atoms with van der Waals surface area (Å²) in [6, 6.07) is 7.01. The highest BCUT2D eigenvalue weighted by molar-refractivity contribution is 6.33. The van der Waals surface area contributed by atoms with Gasteiger partial charge in [0.15, 0.2) is 0 Å². The molecule has 3 aliphatic rings. The average molecular weight is 378 g/mol. The van der Waals surface area contributed by atoms with Crippen LogP contribution in [0.25, 0.3) is 0 Å². The number of para-hydroxylation sites is 1. The van der Waals surface area contributed by atoms with Gasteiger partial charge in [0.05, 0.1) is 22.4 Å². The Kier molecular flexibility index (Phi) is 4.80. The first-order valence-electron chi connectivity index (χ1n) is 9.31. The smallest absolute Gasteiger partial charge is 0.317 e. The Labute approximate surface area is 158 Å². The molecule has 26 heavy (non-hydrogen) atoms. The summed E-state index contributed by atoms with van der Waals surface area (Å²) in [7, 11) is 0. The molecule has 0 radical (unpaired) electrons. The highest BCUT2D eigenvalue weighted by atomic mass is 35.5. The molecule has 3 saturated heterocycles. The Balaban J connectivity index is 1.33. The van der Waals surface area contributed by atoms with Crippen LogP contribution < -0.4 is 10.2 Å². The van der Waals surface area contributed by atoms with E-state index in [2.05, 4.69) is 5.32 Å². The normalized spacial score (nSPS) is 25.1. The second-order valence-electron chi connectivity index (χ2n) is 7.43. The number of anilines is 1. The molecule has 1 N–H and O–H groups in total. The molecule has 0 aromatic heterocycles. The van der Waals surface area contributed by atoms with Gasteiger partial charge < -0.3 is 19.9 Å². The summed E-state index contributed by atoms with van der Waals surface area (Å²) in [4.78, 5) is 28.4. The van der Waals surface area contributed by atoms with Crippen LogP contribution in [0, 0.1) is 0 Å². The average Bonchev–Trinajstić information content (AvgIpc) is 3.23. The van der Waals surface area contributed by atoms with Crippen molar-refractivity contribution in [3.05, 3.63) is 29.3 Å². The largest absolute Gasteiger partial charge is 0.375 e. The van der Waals surface area contributed by atoms with Crippen molar-refractivity contribution < 1.29 is 14.3 Å². The molecule has 140 valence electrons. The van der Waals surface area contributed by atoms with E-state index in [9.17, 15) is 9.59 Å². The summed E-state index contributed by atoms with van der Waals surface area (Å²) in [6.07, 6.45) is 4.32. The molecule has 3 fully saturated rings. The summed E-state index contributed by atoms with van der Waals surface area (Å²) in [5, 5.41) is 3.56. The van der Waals surface area contributed by atoms with Crippen molar-refractivity contribution in [3.63, 3.8) is 0 Å². The number of ether oxygens (including phenoxy) is 1. The van der Waals surface area contributed by atoms with Gasteiger partial charge in [-0.15, -0.1) is 0 Å². The lowest BCUT2D eigenvalue weighted by atomic mass is 9.89. The fourth-order valence-electron chi connectivity index (χ4n) is 4.24. The minimum Gasteiger partial charge on any atom is -0.375 e. The molecule has 1 spiro atoms. The predicted octanol–water partition coefficient (Wildman–Crippen LogP) is 2.80. The number of piperidine rings is 1. The molecular weight excluding hydrogens is 354 g/mol. The number of urea groups is 1. The van der Waals surface area contributed by atoms with Crippen LogP contribution in [0.2, 0.25) is 5.02 Å². The molecule has 0 bridgehead atoms. The quantitative estimate of drug-likeness (QED) is 0.862. The van der Waals surface area contributed by atoms with Crippen LogP contribution in [0.15, 0.2) is 24.3 Å². The molecule has 7 heteroatoms. The maximum atomic E-state index is 12.6. The Morgan fingerprint density at radius 1 is 1.23 bits per heavy atom. The molecular formula is C19H24ClN3O3. The second-order valence-corrected chi connectivity index (χ2v) is 7.84. The van der Waals surface area contributed by atoms with Gasteiger partial charge >= 0.3 is 6.03 Å². The Bertz CT molecular complexity index is 695. The van der Waals surface area contributed by atoms with Gasteiger partial charge in [0, 0.05) is 32.7 Å². The second kappa shape index (κ2) is 7.08. The topological polar surface area (TPSA) is 61.9 Å². The first-order chi connectivity index (χ1) is 12.6. The Morgan fingerprint density at radius 3 is 2.69 bits per heavy atom. The molecule has 1 aromatic rings. The maximum Gasteiger partial charge on any atom is 0.317 e. The van der Waals surface area contributed by atoms with Crippen LogP contribution in [0.4, 0.5) is 10.5 Å². The van der Waals surface area contributed by atoms with E-state index in [1.54, 1.807) is 11.0 Å². The lowest BCUT2D eigenvalue weighted by molar-refractivity contribution is -0.117. The zero-order valence-corrected chi connectivity index (χ0v) is 15.5. The maximum absolute atomic E-state index is 12.6. The minimum absolute atomic E-state index is 0.000954. The van der Waals surface area contributed by atoms with Crippen LogP contribution in [-0.2, 0) is 9.53 Å². The number of likely N-dealkylation sites (tertiary alicyclic amines) is 1. The summed E-state index contributed by atoms with van der Waals surface area (Å²) in [5.74, 6) is -0.0136. The van der Waals surface area contributed by atoms with Gasteiger partial charge in [-0.1, -0.05) is 23.7 Å². The van der Waals surface area contributed by atoms with E-state index in [1.807, 2.05) is 23.1 Å². The number of hydrogen-bond acceptors (Lipinski definition) is 3. The number of carbonyl (C=O) groups excluding carboxylic acids is 2. The highest BCUT2D eigenvalue weighted by Crippen LogP contribution is 2.35. The van der Waals surface area contributed by atoms with Gasteiger partial charge in [-0.25, -0.2) is 4.79 Å². The van der Waals surface area contributed by atoms with Crippen LogP contribution in [0.5, 0.6) is 0 Å². The summed E-state index contributed by atoms with van der Waals surface area (Å²) in [5.41, 5.74) is 0.704. The predicted molar refractivity (Wildman–Crippen MR) is 99.5 cm³/mol. The van der Waals surface area contributed by atoms with Gasteiger partial charge in [-0.2, -0.15) is 0 Å². The zero-order chi connectivity index (χ0) is 18.1. The third kappa shape index (κ3) is 3.40. The fourth-order valence-corrected chi connectivity index (χ4v) is 4.48. The SMILES string of the molecule is O=C(NC1CC(=O)N(c2ccccc2Cl)C1)N1CCC2(CCCO2)CC1. The van der Waals surface area contributed by atoms with Gasteiger partial charge in [0.25, 0.3) is 0 Å². The first-order valence-corrected chi connectivity index (χ1v) is 9.68. The van der Waals surface area contributed by atoms with E-state index in [4.69, 9.17) is 16.3 Å². The molecule has 1 unspecified atom stereocenters. The van der Waals surface area contributed by atoms with Crippen LogP contribution in [0.3, 0.4) is 0 Å². The molecule has 6 nitrogen and oxygen atoms in total. The Morgan fingerprint density at radius 2 is 2.00 bits per heavy atom. The van der Waals surface area contributed by atoms with Crippen molar-refractivity contribution in [2.45, 2.75) is 43.7 Å². The molecule has 3 amide bonds.